The number of furan rings is 1. The molecule has 0 radical (unpaired) electrons. The molecule has 1 heterocycles. The second-order valence-electron chi connectivity index (χ2n) is 5.73. The number of amides is 1. The fourth-order valence-corrected chi connectivity index (χ4v) is 2.55. The van der Waals surface area contributed by atoms with E-state index >= 15 is 0 Å². The Labute approximate surface area is 107 Å². The first-order valence-electron chi connectivity index (χ1n) is 6.74. The van der Waals surface area contributed by atoms with Gasteiger partial charge in [-0.2, -0.15) is 0 Å². The standard InChI is InChI=1S/C14H20N2O2/c1-9-6-12(9)13-5-4-11(18-13)7-16(8-14(15)17)10-2-3-10/h4-5,9-10,12H,2-3,6-8H2,1H3,(H2,15,17)/t9-,12+/m0/s1. The van der Waals surface area contributed by atoms with Crippen molar-refractivity contribution in [2.45, 2.75) is 44.7 Å². The summed E-state index contributed by atoms with van der Waals surface area (Å²) in [5.41, 5.74) is 5.28. The van der Waals surface area contributed by atoms with E-state index < -0.39 is 0 Å². The molecule has 0 unspecified atom stereocenters. The van der Waals surface area contributed by atoms with Gasteiger partial charge in [0, 0.05) is 12.0 Å². The summed E-state index contributed by atoms with van der Waals surface area (Å²) in [6.45, 7) is 3.28. The molecular formula is C14H20N2O2. The van der Waals surface area contributed by atoms with E-state index in [-0.39, 0.29) is 5.91 Å². The van der Waals surface area contributed by atoms with Crippen molar-refractivity contribution in [1.82, 2.24) is 4.90 Å². The number of carbonyl (C=O) groups is 1. The van der Waals surface area contributed by atoms with Gasteiger partial charge in [-0.15, -0.1) is 0 Å². The molecule has 0 aliphatic heterocycles. The van der Waals surface area contributed by atoms with Crippen LogP contribution in [0, 0.1) is 5.92 Å². The lowest BCUT2D eigenvalue weighted by Gasteiger charge is -2.18. The monoisotopic (exact) mass is 248 g/mol. The summed E-state index contributed by atoms with van der Waals surface area (Å²) >= 11 is 0. The normalized spacial score (nSPS) is 26.6. The Hall–Kier alpha value is -1.29. The highest BCUT2D eigenvalue weighted by atomic mass is 16.3. The average molecular weight is 248 g/mol. The van der Waals surface area contributed by atoms with Crippen molar-refractivity contribution in [2.75, 3.05) is 6.54 Å². The summed E-state index contributed by atoms with van der Waals surface area (Å²) in [6.07, 6.45) is 3.57. The van der Waals surface area contributed by atoms with E-state index in [1.54, 1.807) is 0 Å². The first kappa shape index (κ1) is 11.8. The van der Waals surface area contributed by atoms with Crippen molar-refractivity contribution < 1.29 is 9.21 Å². The number of nitrogens with two attached hydrogens (primary N) is 1. The summed E-state index contributed by atoms with van der Waals surface area (Å²) in [4.78, 5) is 13.2. The van der Waals surface area contributed by atoms with Gasteiger partial charge in [-0.1, -0.05) is 6.92 Å². The van der Waals surface area contributed by atoms with Crippen LogP contribution in [0.4, 0.5) is 0 Å². The van der Waals surface area contributed by atoms with Crippen LogP contribution in [0.15, 0.2) is 16.5 Å². The molecule has 1 aromatic heterocycles. The lowest BCUT2D eigenvalue weighted by atomic mass is 10.3. The largest absolute Gasteiger partial charge is 0.464 e. The predicted molar refractivity (Wildman–Crippen MR) is 67.9 cm³/mol. The Balaban J connectivity index is 1.63. The highest BCUT2D eigenvalue weighted by Gasteiger charge is 2.37. The van der Waals surface area contributed by atoms with Crippen LogP contribution >= 0.6 is 0 Å². The molecule has 1 aromatic rings. The minimum Gasteiger partial charge on any atom is -0.464 e. The van der Waals surface area contributed by atoms with Gasteiger partial charge in [-0.3, -0.25) is 9.69 Å². The topological polar surface area (TPSA) is 59.5 Å². The van der Waals surface area contributed by atoms with Gasteiger partial charge >= 0.3 is 0 Å². The third-order valence-electron chi connectivity index (χ3n) is 3.94. The quantitative estimate of drug-likeness (QED) is 0.835. The van der Waals surface area contributed by atoms with Crippen molar-refractivity contribution >= 4 is 5.91 Å². The molecule has 0 saturated heterocycles. The van der Waals surface area contributed by atoms with Crippen molar-refractivity contribution in [3.63, 3.8) is 0 Å². The predicted octanol–water partition coefficient (Wildman–Crippen LogP) is 1.85. The zero-order valence-corrected chi connectivity index (χ0v) is 10.8. The first-order chi connectivity index (χ1) is 8.63. The van der Waals surface area contributed by atoms with Crippen molar-refractivity contribution in [2.24, 2.45) is 11.7 Å². The van der Waals surface area contributed by atoms with Crippen molar-refractivity contribution in [3.8, 4) is 0 Å². The van der Waals surface area contributed by atoms with Crippen LogP contribution in [0.5, 0.6) is 0 Å². The van der Waals surface area contributed by atoms with Gasteiger partial charge in [0.25, 0.3) is 0 Å². The molecule has 0 aromatic carbocycles. The van der Waals surface area contributed by atoms with Crippen LogP contribution in [0.1, 0.15) is 43.6 Å². The number of hydrogen-bond acceptors (Lipinski definition) is 3. The molecule has 3 rings (SSSR count). The molecule has 2 aliphatic carbocycles. The minimum absolute atomic E-state index is 0.260. The fraction of sp³-hybridized carbons (Fsp3) is 0.643. The maximum absolute atomic E-state index is 11.0. The molecule has 2 N–H and O–H groups in total. The molecule has 2 aliphatic rings. The van der Waals surface area contributed by atoms with Gasteiger partial charge in [0.15, 0.2) is 0 Å². The van der Waals surface area contributed by atoms with Gasteiger partial charge in [0.05, 0.1) is 13.1 Å². The van der Waals surface area contributed by atoms with Crippen molar-refractivity contribution in [1.29, 1.82) is 0 Å². The Morgan fingerprint density at radius 3 is 2.78 bits per heavy atom. The van der Waals surface area contributed by atoms with Crippen LogP contribution < -0.4 is 5.73 Å². The average Bonchev–Trinajstić information content (AvgIpc) is 3.20. The van der Waals surface area contributed by atoms with Gasteiger partial charge in [0.1, 0.15) is 11.5 Å². The number of carbonyl (C=O) groups excluding carboxylic acids is 1. The third kappa shape index (κ3) is 2.58. The van der Waals surface area contributed by atoms with Gasteiger partial charge in [0.2, 0.25) is 5.91 Å². The van der Waals surface area contributed by atoms with E-state index in [2.05, 4.69) is 17.9 Å². The number of nitrogens with zero attached hydrogens (tertiary/aromatic N) is 1. The molecule has 18 heavy (non-hydrogen) atoms. The maximum atomic E-state index is 11.0. The number of primary amides is 1. The fourth-order valence-electron chi connectivity index (χ4n) is 2.55. The Morgan fingerprint density at radius 2 is 2.22 bits per heavy atom. The lowest BCUT2D eigenvalue weighted by molar-refractivity contribution is -0.119. The molecule has 2 atom stereocenters. The second-order valence-corrected chi connectivity index (χ2v) is 5.73. The van der Waals surface area contributed by atoms with Gasteiger partial charge in [-0.05, 0) is 37.3 Å². The first-order valence-corrected chi connectivity index (χ1v) is 6.74. The SMILES string of the molecule is C[C@H]1C[C@H]1c1ccc(CN(CC(N)=O)C2CC2)o1. The third-order valence-corrected chi connectivity index (χ3v) is 3.94. The van der Waals surface area contributed by atoms with E-state index in [4.69, 9.17) is 10.2 Å². The summed E-state index contributed by atoms with van der Waals surface area (Å²) in [5, 5.41) is 0. The molecule has 0 bridgehead atoms. The van der Waals surface area contributed by atoms with E-state index in [1.165, 1.54) is 19.3 Å². The Kier molecular flexibility index (Phi) is 2.90. The van der Waals surface area contributed by atoms with E-state index in [9.17, 15) is 4.79 Å². The van der Waals surface area contributed by atoms with E-state index in [1.807, 2.05) is 6.07 Å². The Morgan fingerprint density at radius 1 is 1.50 bits per heavy atom. The summed E-state index contributed by atoms with van der Waals surface area (Å²) in [7, 11) is 0. The van der Waals surface area contributed by atoms with Crippen LogP contribution in [0.25, 0.3) is 0 Å². The highest BCUT2D eigenvalue weighted by molar-refractivity contribution is 5.76. The molecular weight excluding hydrogens is 228 g/mol. The van der Waals surface area contributed by atoms with Crippen LogP contribution in [-0.4, -0.2) is 23.4 Å². The Bertz CT molecular complexity index is 450. The summed E-state index contributed by atoms with van der Waals surface area (Å²) in [6, 6.07) is 4.64. The lowest BCUT2D eigenvalue weighted by Crippen LogP contribution is -2.34. The molecule has 98 valence electrons. The molecule has 4 nitrogen and oxygen atoms in total. The van der Waals surface area contributed by atoms with E-state index in [0.717, 1.165) is 17.4 Å². The maximum Gasteiger partial charge on any atom is 0.231 e. The van der Waals surface area contributed by atoms with E-state index in [0.29, 0.717) is 25.0 Å². The van der Waals surface area contributed by atoms with Gasteiger partial charge in [-0.25, -0.2) is 0 Å². The van der Waals surface area contributed by atoms with Crippen LogP contribution in [0.3, 0.4) is 0 Å². The zero-order chi connectivity index (χ0) is 12.7. The molecule has 4 heteroatoms. The molecule has 2 fully saturated rings. The molecule has 0 spiro atoms. The summed E-state index contributed by atoms with van der Waals surface area (Å²) in [5.74, 6) is 3.17. The van der Waals surface area contributed by atoms with Crippen LogP contribution in [0.2, 0.25) is 0 Å². The van der Waals surface area contributed by atoms with Crippen molar-refractivity contribution in [3.05, 3.63) is 23.7 Å². The zero-order valence-electron chi connectivity index (χ0n) is 10.8. The highest BCUT2D eigenvalue weighted by Crippen LogP contribution is 2.47. The molecule has 2 saturated carbocycles. The number of rotatable bonds is 6. The van der Waals surface area contributed by atoms with Gasteiger partial charge < -0.3 is 10.2 Å². The number of hydrogen-bond donors (Lipinski definition) is 1. The summed E-state index contributed by atoms with van der Waals surface area (Å²) < 4.78 is 5.87. The minimum atomic E-state index is -0.260. The smallest absolute Gasteiger partial charge is 0.231 e. The second kappa shape index (κ2) is 4.43. The molecule has 1 amide bonds. The van der Waals surface area contributed by atoms with Crippen LogP contribution in [-0.2, 0) is 11.3 Å².